The fourth-order valence-electron chi connectivity index (χ4n) is 6.21. The molecule has 3 atom stereocenters. The zero-order chi connectivity index (χ0) is 30.2. The van der Waals surface area contributed by atoms with E-state index in [2.05, 4.69) is 27.3 Å². The van der Waals surface area contributed by atoms with Gasteiger partial charge < -0.3 is 14.4 Å². The number of aromatic nitrogens is 1. The van der Waals surface area contributed by atoms with Gasteiger partial charge in [-0.2, -0.15) is 13.2 Å². The smallest absolute Gasteiger partial charge is 0.371 e. The Morgan fingerprint density at radius 1 is 1.07 bits per heavy atom. The molecule has 1 aliphatic carbocycles. The second-order valence-electron chi connectivity index (χ2n) is 11.2. The molecule has 3 unspecified atom stereocenters. The van der Waals surface area contributed by atoms with Crippen LogP contribution < -0.4 is 10.2 Å². The van der Waals surface area contributed by atoms with Crippen molar-refractivity contribution in [1.82, 2.24) is 15.2 Å². The van der Waals surface area contributed by atoms with E-state index in [1.54, 1.807) is 17.0 Å². The Morgan fingerprint density at radius 3 is 2.38 bits per heavy atom. The van der Waals surface area contributed by atoms with Crippen molar-refractivity contribution >= 4 is 22.7 Å². The number of piperidine rings is 1. The van der Waals surface area contributed by atoms with E-state index < -0.39 is 34.2 Å². The fraction of sp³-hybridized carbons (Fsp3) is 0.419. The number of halogens is 3. The molecule has 1 fully saturated rings. The molecule has 0 bridgehead atoms. The fourth-order valence-corrected chi connectivity index (χ4v) is 6.91. The SMILES string of the molecule is Cc1cc(N2CCC(N(C)C(=O)c3ccc4c(c3)C(NC(c3ccccc3C(F)(F)F)S(=O)O)CC4)CC2)cc(C)n1. The second-order valence-corrected chi connectivity index (χ2v) is 12.2. The molecular weight excluding hydrogens is 565 g/mol. The van der Waals surface area contributed by atoms with Crippen LogP contribution in [0.1, 0.15) is 74.7 Å². The number of benzene rings is 2. The van der Waals surface area contributed by atoms with E-state index in [4.69, 9.17) is 0 Å². The number of carbonyl (C=O) groups excluding carboxylic acids is 1. The molecule has 7 nitrogen and oxygen atoms in total. The largest absolute Gasteiger partial charge is 0.416 e. The van der Waals surface area contributed by atoms with Crippen LogP contribution in [-0.4, -0.2) is 50.7 Å². The molecule has 42 heavy (non-hydrogen) atoms. The van der Waals surface area contributed by atoms with Crippen molar-refractivity contribution in [2.24, 2.45) is 0 Å². The highest BCUT2D eigenvalue weighted by molar-refractivity contribution is 7.79. The van der Waals surface area contributed by atoms with Gasteiger partial charge in [-0.1, -0.05) is 24.3 Å². The number of pyridine rings is 1. The van der Waals surface area contributed by atoms with Crippen molar-refractivity contribution in [2.45, 2.75) is 63.2 Å². The maximum absolute atomic E-state index is 13.7. The quantitative estimate of drug-likeness (QED) is 0.326. The summed E-state index contributed by atoms with van der Waals surface area (Å²) in [6, 6.07) is 14.0. The van der Waals surface area contributed by atoms with Crippen LogP contribution in [0.4, 0.5) is 18.9 Å². The number of rotatable bonds is 7. The summed E-state index contributed by atoms with van der Waals surface area (Å²) in [6.07, 6.45) is -1.84. The molecule has 0 radical (unpaired) electrons. The highest BCUT2D eigenvalue weighted by Gasteiger charge is 2.38. The van der Waals surface area contributed by atoms with Gasteiger partial charge >= 0.3 is 6.18 Å². The van der Waals surface area contributed by atoms with Crippen LogP contribution in [0.3, 0.4) is 0 Å². The molecule has 1 aromatic heterocycles. The van der Waals surface area contributed by atoms with Gasteiger partial charge in [0.05, 0.1) is 5.56 Å². The summed E-state index contributed by atoms with van der Waals surface area (Å²) >= 11 is -2.61. The van der Waals surface area contributed by atoms with Crippen molar-refractivity contribution in [2.75, 3.05) is 25.0 Å². The molecule has 0 spiro atoms. The van der Waals surface area contributed by atoms with E-state index in [-0.39, 0.29) is 17.5 Å². The van der Waals surface area contributed by atoms with Crippen molar-refractivity contribution in [3.8, 4) is 0 Å². The lowest BCUT2D eigenvalue weighted by molar-refractivity contribution is -0.138. The first-order valence-electron chi connectivity index (χ1n) is 14.0. The van der Waals surface area contributed by atoms with Crippen LogP contribution in [0.5, 0.6) is 0 Å². The van der Waals surface area contributed by atoms with Gasteiger partial charge in [-0.25, -0.2) is 4.21 Å². The number of anilines is 1. The van der Waals surface area contributed by atoms with Gasteiger partial charge in [0.15, 0.2) is 11.1 Å². The predicted octanol–water partition coefficient (Wildman–Crippen LogP) is 5.96. The summed E-state index contributed by atoms with van der Waals surface area (Å²) in [5.41, 5.74) is 4.09. The van der Waals surface area contributed by atoms with E-state index in [0.717, 1.165) is 60.2 Å². The number of amides is 1. The molecule has 2 N–H and O–H groups in total. The van der Waals surface area contributed by atoms with Crippen molar-refractivity contribution < 1.29 is 26.7 Å². The molecule has 2 aromatic carbocycles. The van der Waals surface area contributed by atoms with Gasteiger partial charge in [-0.15, -0.1) is 0 Å². The first-order chi connectivity index (χ1) is 19.9. The van der Waals surface area contributed by atoms with Crippen LogP contribution in [0.15, 0.2) is 54.6 Å². The van der Waals surface area contributed by atoms with Crippen LogP contribution in [-0.2, 0) is 23.7 Å². The lowest BCUT2D eigenvalue weighted by Gasteiger charge is -2.38. The molecule has 224 valence electrons. The molecule has 1 amide bonds. The van der Waals surface area contributed by atoms with Crippen molar-refractivity contribution in [3.05, 3.63) is 93.8 Å². The zero-order valence-corrected chi connectivity index (χ0v) is 24.6. The number of carbonyl (C=O) groups is 1. The molecule has 2 heterocycles. The Hall–Kier alpha value is -3.28. The minimum atomic E-state index is -4.67. The third-order valence-electron chi connectivity index (χ3n) is 8.34. The molecule has 1 saturated heterocycles. The van der Waals surface area contributed by atoms with Crippen molar-refractivity contribution in [1.29, 1.82) is 0 Å². The molecule has 5 rings (SSSR count). The van der Waals surface area contributed by atoms with E-state index in [9.17, 15) is 26.7 Å². The van der Waals surface area contributed by atoms with E-state index in [0.29, 0.717) is 18.4 Å². The summed E-state index contributed by atoms with van der Waals surface area (Å²) in [7, 11) is 1.81. The number of aryl methyl sites for hydroxylation is 3. The molecule has 2 aliphatic rings. The highest BCUT2D eigenvalue weighted by atomic mass is 32.2. The summed E-state index contributed by atoms with van der Waals surface area (Å²) in [4.78, 5) is 22.1. The lowest BCUT2D eigenvalue weighted by atomic mass is 9.99. The third kappa shape index (κ3) is 6.38. The number of hydrogen-bond donors (Lipinski definition) is 2. The number of fused-ring (bicyclic) bond motifs is 1. The Labute approximate surface area is 246 Å². The minimum Gasteiger partial charge on any atom is -0.371 e. The Balaban J connectivity index is 1.30. The summed E-state index contributed by atoms with van der Waals surface area (Å²) in [5, 5.41) is 1.56. The van der Waals surface area contributed by atoms with Crippen LogP contribution in [0.2, 0.25) is 0 Å². The second kappa shape index (κ2) is 12.1. The standard InChI is InChI=1S/C31H35F3N4O3S/c1-19-16-24(17-20(2)35-19)38-14-12-23(13-15-38)37(3)30(39)22-9-8-21-10-11-28(26(21)18-22)36-29(42(40)41)25-6-4-5-7-27(25)31(32,33)34/h4-9,16-18,23,28-29,36H,10-15H2,1-3H3,(H,40,41). The average molecular weight is 601 g/mol. The molecule has 1 aliphatic heterocycles. The number of nitrogens with zero attached hydrogens (tertiary/aromatic N) is 3. The summed E-state index contributed by atoms with van der Waals surface area (Å²) in [5.74, 6) is -0.123. The normalized spacial score (nSPS) is 18.9. The number of alkyl halides is 3. The monoisotopic (exact) mass is 600 g/mol. The number of nitrogens with one attached hydrogen (secondary N) is 1. The van der Waals surface area contributed by atoms with Gasteiger partial charge in [-0.05, 0) is 86.6 Å². The van der Waals surface area contributed by atoms with Crippen molar-refractivity contribution in [3.63, 3.8) is 0 Å². The van der Waals surface area contributed by atoms with Crippen LogP contribution in [0.25, 0.3) is 0 Å². The number of hydrogen-bond acceptors (Lipinski definition) is 5. The van der Waals surface area contributed by atoms with Gasteiger partial charge in [0.25, 0.3) is 5.91 Å². The maximum Gasteiger partial charge on any atom is 0.416 e. The average Bonchev–Trinajstić information content (AvgIpc) is 3.36. The van der Waals surface area contributed by atoms with E-state index in [1.807, 2.05) is 27.0 Å². The van der Waals surface area contributed by atoms with Crippen LogP contribution >= 0.6 is 0 Å². The predicted molar refractivity (Wildman–Crippen MR) is 157 cm³/mol. The summed E-state index contributed by atoms with van der Waals surface area (Å²) in [6.45, 7) is 5.61. The lowest BCUT2D eigenvalue weighted by Crippen LogP contribution is -2.45. The van der Waals surface area contributed by atoms with Gasteiger partial charge in [-0.3, -0.25) is 15.1 Å². The highest BCUT2D eigenvalue weighted by Crippen LogP contribution is 2.39. The van der Waals surface area contributed by atoms with Gasteiger partial charge in [0, 0.05) is 54.9 Å². The van der Waals surface area contributed by atoms with E-state index >= 15 is 0 Å². The first kappa shape index (κ1) is 30.2. The maximum atomic E-state index is 13.7. The molecule has 11 heteroatoms. The minimum absolute atomic E-state index is 0.0695. The van der Waals surface area contributed by atoms with Gasteiger partial charge in [0.1, 0.15) is 5.37 Å². The zero-order valence-electron chi connectivity index (χ0n) is 23.8. The molecular formula is C31H35F3N4O3S. The van der Waals surface area contributed by atoms with Gasteiger partial charge in [0.2, 0.25) is 0 Å². The van der Waals surface area contributed by atoms with E-state index in [1.165, 1.54) is 18.2 Å². The summed E-state index contributed by atoms with van der Waals surface area (Å²) < 4.78 is 63.3. The van der Waals surface area contributed by atoms with Crippen LogP contribution in [0, 0.1) is 13.8 Å². The molecule has 3 aromatic rings. The Kier molecular flexibility index (Phi) is 8.73. The Morgan fingerprint density at radius 2 is 1.74 bits per heavy atom. The third-order valence-corrected chi connectivity index (χ3v) is 9.13. The first-order valence-corrected chi connectivity index (χ1v) is 15.2. The Bertz CT molecular complexity index is 1470. The topological polar surface area (TPSA) is 85.8 Å². The molecule has 0 saturated carbocycles.